The molecule has 0 saturated heterocycles. The molecule has 0 aliphatic heterocycles. The molecule has 0 aromatic heterocycles. The van der Waals surface area contributed by atoms with Gasteiger partial charge in [-0.3, -0.25) is 4.79 Å². The highest BCUT2D eigenvalue weighted by Gasteiger charge is 2.02. The number of carbonyl (C=O) groups is 1. The summed E-state index contributed by atoms with van der Waals surface area (Å²) in [5.74, 6) is 1.40. The first kappa shape index (κ1) is 33.7. The molecule has 0 amide bonds. The van der Waals surface area contributed by atoms with Crippen LogP contribution in [0.5, 0.6) is 0 Å². The van der Waals surface area contributed by atoms with E-state index in [4.69, 9.17) is 0 Å². The Balaban J connectivity index is 3.12. The minimum Gasteiger partial charge on any atom is -0.300 e. The molecule has 0 heterocycles. The molecule has 1 heteroatoms. The highest BCUT2D eigenvalue weighted by molar-refractivity contribution is 5.77. The van der Waals surface area contributed by atoms with Crippen LogP contribution < -0.4 is 0 Å². The number of carbonyl (C=O) groups excluding carboxylic acids is 1. The lowest BCUT2D eigenvalue weighted by Gasteiger charge is -2.11. The summed E-state index contributed by atoms with van der Waals surface area (Å²) in [5, 5.41) is 0. The molecular formula is C33H66O. The highest BCUT2D eigenvalue weighted by Crippen LogP contribution is 2.19. The van der Waals surface area contributed by atoms with Gasteiger partial charge in [0.15, 0.2) is 0 Å². The van der Waals surface area contributed by atoms with Gasteiger partial charge in [0.2, 0.25) is 0 Å². The number of rotatable bonds is 29. The summed E-state index contributed by atoms with van der Waals surface area (Å²) in [5.41, 5.74) is 0. The van der Waals surface area contributed by atoms with Crippen LogP contribution >= 0.6 is 0 Å². The second-order valence-electron chi connectivity index (χ2n) is 11.5. The number of hydrogen-bond acceptors (Lipinski definition) is 1. The maximum Gasteiger partial charge on any atom is 0.132 e. The fourth-order valence-electron chi connectivity index (χ4n) is 5.24. The number of ketones is 1. The van der Waals surface area contributed by atoms with Gasteiger partial charge in [0, 0.05) is 12.8 Å². The van der Waals surface area contributed by atoms with Crippen LogP contribution in [0.4, 0.5) is 0 Å². The minimum absolute atomic E-state index is 0.439. The molecule has 0 aliphatic rings. The fraction of sp³-hybridized carbons (Fsp3) is 0.970. The molecule has 0 saturated carbocycles. The van der Waals surface area contributed by atoms with E-state index >= 15 is 0 Å². The van der Waals surface area contributed by atoms with Crippen LogP contribution in [0, 0.1) is 5.92 Å². The SMILES string of the molecule is CCCCCCCCCC(C)CCCCCCCCCCCCCCCCCCCC(=O)CC. The van der Waals surface area contributed by atoms with Gasteiger partial charge in [0.05, 0.1) is 0 Å². The number of unbranched alkanes of at least 4 members (excludes halogenated alkanes) is 22. The Labute approximate surface area is 217 Å². The molecule has 1 unspecified atom stereocenters. The second kappa shape index (κ2) is 28.9. The zero-order valence-corrected chi connectivity index (χ0v) is 24.3. The largest absolute Gasteiger partial charge is 0.300 e. The molecule has 0 aliphatic carbocycles. The minimum atomic E-state index is 0.439. The van der Waals surface area contributed by atoms with Gasteiger partial charge in [0.25, 0.3) is 0 Å². The van der Waals surface area contributed by atoms with Crippen molar-refractivity contribution in [2.75, 3.05) is 0 Å². The van der Waals surface area contributed by atoms with Gasteiger partial charge in [-0.2, -0.15) is 0 Å². The molecule has 0 aromatic rings. The molecule has 204 valence electrons. The van der Waals surface area contributed by atoms with E-state index < -0.39 is 0 Å². The average molecular weight is 479 g/mol. The first-order valence-corrected chi connectivity index (χ1v) is 16.2. The summed E-state index contributed by atoms with van der Waals surface area (Å²) >= 11 is 0. The van der Waals surface area contributed by atoms with Crippen molar-refractivity contribution in [3.05, 3.63) is 0 Å². The summed E-state index contributed by atoms with van der Waals surface area (Å²) in [4.78, 5) is 11.3. The van der Waals surface area contributed by atoms with Gasteiger partial charge < -0.3 is 0 Å². The topological polar surface area (TPSA) is 17.1 Å². The van der Waals surface area contributed by atoms with Crippen molar-refractivity contribution in [1.82, 2.24) is 0 Å². The van der Waals surface area contributed by atoms with Gasteiger partial charge in [0.1, 0.15) is 5.78 Å². The van der Waals surface area contributed by atoms with Gasteiger partial charge in [-0.05, 0) is 12.3 Å². The Morgan fingerprint density at radius 2 is 0.735 bits per heavy atom. The van der Waals surface area contributed by atoms with Gasteiger partial charge in [-0.1, -0.05) is 181 Å². The number of Topliss-reactive ketones (excluding diaryl/α,β-unsaturated/α-hetero) is 1. The third kappa shape index (κ3) is 27.9. The molecule has 1 nitrogen and oxygen atoms in total. The maximum absolute atomic E-state index is 11.3. The Bertz CT molecular complexity index is 388. The van der Waals surface area contributed by atoms with Crippen molar-refractivity contribution < 1.29 is 4.79 Å². The van der Waals surface area contributed by atoms with E-state index in [1.807, 2.05) is 6.92 Å². The molecule has 0 rings (SSSR count). The summed E-state index contributed by atoms with van der Waals surface area (Å²) in [6.07, 6.45) is 38.6. The molecule has 0 spiro atoms. The summed E-state index contributed by atoms with van der Waals surface area (Å²) in [6.45, 7) is 6.76. The van der Waals surface area contributed by atoms with Crippen molar-refractivity contribution in [3.63, 3.8) is 0 Å². The summed E-state index contributed by atoms with van der Waals surface area (Å²) < 4.78 is 0. The Morgan fingerprint density at radius 3 is 1.06 bits per heavy atom. The quantitative estimate of drug-likeness (QED) is 0.0976. The van der Waals surface area contributed by atoms with E-state index in [1.165, 1.54) is 161 Å². The van der Waals surface area contributed by atoms with Crippen LogP contribution in [0.2, 0.25) is 0 Å². The van der Waals surface area contributed by atoms with E-state index in [2.05, 4.69) is 13.8 Å². The lowest BCUT2D eigenvalue weighted by Crippen LogP contribution is -1.95. The highest BCUT2D eigenvalue weighted by atomic mass is 16.1. The molecule has 0 aromatic carbocycles. The Hall–Kier alpha value is -0.330. The second-order valence-corrected chi connectivity index (χ2v) is 11.5. The van der Waals surface area contributed by atoms with Crippen molar-refractivity contribution in [2.24, 2.45) is 5.92 Å². The predicted molar refractivity (Wildman–Crippen MR) is 155 cm³/mol. The van der Waals surface area contributed by atoms with E-state index in [0.29, 0.717) is 5.78 Å². The molecule has 0 N–H and O–H groups in total. The third-order valence-electron chi connectivity index (χ3n) is 7.85. The third-order valence-corrected chi connectivity index (χ3v) is 7.85. The fourth-order valence-corrected chi connectivity index (χ4v) is 5.24. The maximum atomic E-state index is 11.3. The molecular weight excluding hydrogens is 412 g/mol. The molecule has 1 atom stereocenters. The first-order valence-electron chi connectivity index (χ1n) is 16.2. The van der Waals surface area contributed by atoms with Crippen LogP contribution in [0.1, 0.15) is 201 Å². The van der Waals surface area contributed by atoms with E-state index in [0.717, 1.165) is 25.2 Å². The van der Waals surface area contributed by atoms with Crippen molar-refractivity contribution in [2.45, 2.75) is 201 Å². The number of hydrogen-bond donors (Lipinski definition) is 0. The van der Waals surface area contributed by atoms with Crippen LogP contribution in [0.15, 0.2) is 0 Å². The Morgan fingerprint density at radius 1 is 0.441 bits per heavy atom. The van der Waals surface area contributed by atoms with E-state index in [-0.39, 0.29) is 0 Å². The summed E-state index contributed by atoms with van der Waals surface area (Å²) in [7, 11) is 0. The van der Waals surface area contributed by atoms with Gasteiger partial charge in [-0.25, -0.2) is 0 Å². The predicted octanol–water partition coefficient (Wildman–Crippen LogP) is 12.2. The zero-order valence-electron chi connectivity index (χ0n) is 24.3. The lowest BCUT2D eigenvalue weighted by atomic mass is 9.95. The smallest absolute Gasteiger partial charge is 0.132 e. The standard InChI is InChI=1S/C33H66O/c1-4-6-7-8-20-23-26-29-32(3)30-27-24-21-18-16-14-12-10-9-11-13-15-17-19-22-25-28-31-33(34)5-2/h32H,4-31H2,1-3H3. The van der Waals surface area contributed by atoms with Crippen LogP contribution in [-0.4, -0.2) is 5.78 Å². The molecule has 0 radical (unpaired) electrons. The normalized spacial score (nSPS) is 12.3. The monoisotopic (exact) mass is 479 g/mol. The zero-order chi connectivity index (χ0) is 25.0. The van der Waals surface area contributed by atoms with Gasteiger partial charge >= 0.3 is 0 Å². The average Bonchev–Trinajstić information content (AvgIpc) is 2.84. The van der Waals surface area contributed by atoms with Crippen molar-refractivity contribution >= 4 is 5.78 Å². The van der Waals surface area contributed by atoms with Crippen molar-refractivity contribution in [1.29, 1.82) is 0 Å². The van der Waals surface area contributed by atoms with Crippen molar-refractivity contribution in [3.8, 4) is 0 Å². The summed E-state index contributed by atoms with van der Waals surface area (Å²) in [6, 6.07) is 0. The van der Waals surface area contributed by atoms with Crippen LogP contribution in [0.25, 0.3) is 0 Å². The van der Waals surface area contributed by atoms with Crippen LogP contribution in [0.3, 0.4) is 0 Å². The molecule has 34 heavy (non-hydrogen) atoms. The van der Waals surface area contributed by atoms with Crippen LogP contribution in [-0.2, 0) is 4.79 Å². The van der Waals surface area contributed by atoms with E-state index in [9.17, 15) is 4.79 Å². The lowest BCUT2D eigenvalue weighted by molar-refractivity contribution is -0.118. The van der Waals surface area contributed by atoms with E-state index in [1.54, 1.807) is 0 Å². The molecule has 0 fully saturated rings. The first-order chi connectivity index (χ1) is 16.7. The van der Waals surface area contributed by atoms with Gasteiger partial charge in [-0.15, -0.1) is 0 Å². The Kier molecular flexibility index (Phi) is 28.6. The molecule has 0 bridgehead atoms.